The van der Waals surface area contributed by atoms with Crippen molar-refractivity contribution in [2.75, 3.05) is 4.72 Å². The summed E-state index contributed by atoms with van der Waals surface area (Å²) >= 11 is 0. The molecule has 0 aliphatic carbocycles. The Morgan fingerprint density at radius 3 is 2.06 bits per heavy atom. The average Bonchev–Trinajstić information content (AvgIpc) is 2.81. The van der Waals surface area contributed by atoms with Crippen molar-refractivity contribution in [3.8, 4) is 0 Å². The van der Waals surface area contributed by atoms with E-state index >= 15 is 0 Å². The number of hydrogen-bond donors (Lipinski definition) is 2. The standard InChI is InChI=1S/C29H29NO4S/c1-18-14-19(2)21(4)29(20(18)3)35(33,34)30-27-16-24(15-23-12-8-9-13-25(23)27)26(17-28(31)32)22-10-6-5-7-11-22/h5-16,26,30H,17H2,1-4H3,(H,31,32). The number of carbonyl (C=O) groups is 1. The van der Waals surface area contributed by atoms with Crippen molar-refractivity contribution in [3.05, 3.63) is 106 Å². The summed E-state index contributed by atoms with van der Waals surface area (Å²) in [6.07, 6.45) is -0.107. The van der Waals surface area contributed by atoms with Crippen molar-refractivity contribution in [2.24, 2.45) is 0 Å². The highest BCUT2D eigenvalue weighted by Crippen LogP contribution is 2.36. The minimum absolute atomic E-state index is 0.107. The lowest BCUT2D eigenvalue weighted by Crippen LogP contribution is -2.17. The summed E-state index contributed by atoms with van der Waals surface area (Å²) in [5, 5.41) is 11.2. The highest BCUT2D eigenvalue weighted by atomic mass is 32.2. The molecule has 1 atom stereocenters. The molecular weight excluding hydrogens is 458 g/mol. The van der Waals surface area contributed by atoms with E-state index in [4.69, 9.17) is 0 Å². The smallest absolute Gasteiger partial charge is 0.304 e. The Morgan fingerprint density at radius 1 is 0.829 bits per heavy atom. The lowest BCUT2D eigenvalue weighted by molar-refractivity contribution is -0.137. The number of rotatable bonds is 7. The minimum atomic E-state index is -3.91. The molecule has 0 aliphatic heterocycles. The lowest BCUT2D eigenvalue weighted by Gasteiger charge is -2.21. The van der Waals surface area contributed by atoms with Crippen LogP contribution in [-0.4, -0.2) is 19.5 Å². The van der Waals surface area contributed by atoms with Crippen molar-refractivity contribution in [2.45, 2.75) is 44.9 Å². The largest absolute Gasteiger partial charge is 0.481 e. The van der Waals surface area contributed by atoms with Crippen LogP contribution in [-0.2, 0) is 14.8 Å². The SMILES string of the molecule is Cc1cc(C)c(C)c(S(=O)(=O)Nc2cc(C(CC(=O)O)c3ccccc3)cc3ccccc23)c1C. The molecule has 35 heavy (non-hydrogen) atoms. The zero-order valence-corrected chi connectivity index (χ0v) is 21.1. The van der Waals surface area contributed by atoms with E-state index in [0.717, 1.165) is 33.0 Å². The number of benzene rings is 4. The van der Waals surface area contributed by atoms with Gasteiger partial charge in [0.05, 0.1) is 17.0 Å². The van der Waals surface area contributed by atoms with Crippen molar-refractivity contribution in [1.29, 1.82) is 0 Å². The maximum Gasteiger partial charge on any atom is 0.304 e. The Balaban J connectivity index is 1.90. The first kappa shape index (κ1) is 24.5. The first-order valence-electron chi connectivity index (χ1n) is 11.5. The van der Waals surface area contributed by atoms with E-state index in [1.165, 1.54) is 0 Å². The molecule has 2 N–H and O–H groups in total. The number of aliphatic carboxylic acids is 1. The molecule has 0 aliphatic rings. The van der Waals surface area contributed by atoms with Gasteiger partial charge in [-0.15, -0.1) is 0 Å². The summed E-state index contributed by atoms with van der Waals surface area (Å²) in [7, 11) is -3.91. The van der Waals surface area contributed by atoms with Crippen LogP contribution in [0.5, 0.6) is 0 Å². The number of anilines is 1. The van der Waals surface area contributed by atoms with Crippen molar-refractivity contribution >= 4 is 32.5 Å². The Labute approximate surface area is 206 Å². The predicted octanol–water partition coefficient (Wildman–Crippen LogP) is 6.48. The highest BCUT2D eigenvalue weighted by Gasteiger charge is 2.25. The average molecular weight is 488 g/mol. The number of carboxylic acid groups (broad SMARTS) is 1. The van der Waals surface area contributed by atoms with Crippen LogP contribution in [0.4, 0.5) is 5.69 Å². The number of fused-ring (bicyclic) bond motifs is 1. The lowest BCUT2D eigenvalue weighted by atomic mass is 9.87. The molecular formula is C29H29NO4S. The van der Waals surface area contributed by atoms with Gasteiger partial charge in [-0.05, 0) is 72.5 Å². The van der Waals surface area contributed by atoms with Gasteiger partial charge in [0, 0.05) is 11.3 Å². The van der Waals surface area contributed by atoms with E-state index in [1.807, 2.05) is 94.4 Å². The van der Waals surface area contributed by atoms with Crippen molar-refractivity contribution in [1.82, 2.24) is 0 Å². The van der Waals surface area contributed by atoms with Gasteiger partial charge >= 0.3 is 5.97 Å². The third-order valence-electron chi connectivity index (χ3n) is 6.68. The Bertz CT molecular complexity index is 1500. The summed E-state index contributed by atoms with van der Waals surface area (Å²) in [4.78, 5) is 12.0. The fourth-order valence-corrected chi connectivity index (χ4v) is 6.38. The summed E-state index contributed by atoms with van der Waals surface area (Å²) in [5.74, 6) is -1.35. The molecule has 0 fully saturated rings. The van der Waals surface area contributed by atoms with Gasteiger partial charge in [0.2, 0.25) is 0 Å². The maximum atomic E-state index is 13.7. The molecule has 0 spiro atoms. The molecule has 4 rings (SSSR count). The molecule has 180 valence electrons. The van der Waals surface area contributed by atoms with E-state index in [9.17, 15) is 18.3 Å². The summed E-state index contributed by atoms with van der Waals surface area (Å²) in [6.45, 7) is 7.46. The fraction of sp³-hybridized carbons (Fsp3) is 0.207. The van der Waals surface area contributed by atoms with Crippen LogP contribution in [0.1, 0.15) is 45.7 Å². The summed E-state index contributed by atoms with van der Waals surface area (Å²) in [5.41, 5.74) is 5.30. The Kier molecular flexibility index (Phi) is 6.68. The first-order chi connectivity index (χ1) is 16.6. The van der Waals surface area contributed by atoms with Gasteiger partial charge in [-0.2, -0.15) is 0 Å². The zero-order chi connectivity index (χ0) is 25.3. The third-order valence-corrected chi connectivity index (χ3v) is 8.32. The van der Waals surface area contributed by atoms with E-state index in [0.29, 0.717) is 16.8 Å². The van der Waals surface area contributed by atoms with Crippen LogP contribution in [0.3, 0.4) is 0 Å². The molecule has 4 aromatic rings. The number of sulfonamides is 1. The van der Waals surface area contributed by atoms with Crippen molar-refractivity contribution < 1.29 is 18.3 Å². The number of nitrogens with one attached hydrogen (secondary N) is 1. The quantitative estimate of drug-likeness (QED) is 0.312. The number of aryl methyl sites for hydroxylation is 2. The number of carboxylic acids is 1. The molecule has 0 heterocycles. The third kappa shape index (κ3) is 4.93. The second kappa shape index (κ2) is 9.55. The fourth-order valence-electron chi connectivity index (χ4n) is 4.69. The molecule has 6 heteroatoms. The monoisotopic (exact) mass is 487 g/mol. The molecule has 0 amide bonds. The molecule has 0 saturated carbocycles. The molecule has 0 aromatic heterocycles. The summed E-state index contributed by atoms with van der Waals surface area (Å²) < 4.78 is 30.3. The number of hydrogen-bond acceptors (Lipinski definition) is 3. The van der Waals surface area contributed by atoms with Crippen LogP contribution < -0.4 is 4.72 Å². The second-order valence-corrected chi connectivity index (χ2v) is 10.7. The van der Waals surface area contributed by atoms with E-state index in [1.54, 1.807) is 6.07 Å². The molecule has 1 unspecified atom stereocenters. The van der Waals surface area contributed by atoms with Gasteiger partial charge in [-0.1, -0.05) is 66.7 Å². The van der Waals surface area contributed by atoms with Crippen LogP contribution in [0, 0.1) is 27.7 Å². The zero-order valence-electron chi connectivity index (χ0n) is 20.3. The first-order valence-corrected chi connectivity index (χ1v) is 13.0. The van der Waals surface area contributed by atoms with Gasteiger partial charge in [0.25, 0.3) is 10.0 Å². The normalized spacial score (nSPS) is 12.5. The summed E-state index contributed by atoms with van der Waals surface area (Å²) in [6, 6.07) is 22.7. The predicted molar refractivity (Wildman–Crippen MR) is 141 cm³/mol. The van der Waals surface area contributed by atoms with Crippen molar-refractivity contribution in [3.63, 3.8) is 0 Å². The molecule has 4 aromatic carbocycles. The second-order valence-electron chi connectivity index (χ2n) is 9.05. The maximum absolute atomic E-state index is 13.7. The van der Waals surface area contributed by atoms with Crippen LogP contribution in [0.2, 0.25) is 0 Å². The minimum Gasteiger partial charge on any atom is -0.481 e. The topological polar surface area (TPSA) is 83.5 Å². The van der Waals surface area contributed by atoms with E-state index in [2.05, 4.69) is 4.72 Å². The highest BCUT2D eigenvalue weighted by molar-refractivity contribution is 7.92. The molecule has 0 saturated heterocycles. The Hall–Kier alpha value is -3.64. The van der Waals surface area contributed by atoms with Gasteiger partial charge < -0.3 is 5.11 Å². The van der Waals surface area contributed by atoms with Gasteiger partial charge in [-0.25, -0.2) is 8.42 Å². The van der Waals surface area contributed by atoms with Crippen LogP contribution in [0.15, 0.2) is 77.7 Å². The van der Waals surface area contributed by atoms with Gasteiger partial charge in [0.15, 0.2) is 0 Å². The molecule has 0 bridgehead atoms. The Morgan fingerprint density at radius 2 is 1.43 bits per heavy atom. The van der Waals surface area contributed by atoms with E-state index < -0.39 is 21.9 Å². The molecule has 0 radical (unpaired) electrons. The van der Waals surface area contributed by atoms with Gasteiger partial charge in [-0.3, -0.25) is 9.52 Å². The van der Waals surface area contributed by atoms with Gasteiger partial charge in [0.1, 0.15) is 0 Å². The van der Waals surface area contributed by atoms with Crippen LogP contribution in [0.25, 0.3) is 10.8 Å². The van der Waals surface area contributed by atoms with Crippen LogP contribution >= 0.6 is 0 Å². The molecule has 5 nitrogen and oxygen atoms in total. The van der Waals surface area contributed by atoms with E-state index in [-0.39, 0.29) is 11.3 Å².